The SMILES string of the molecule is CC1CCC(CNC(=S)NC2CCCC2)CC1. The first-order valence-corrected chi connectivity index (χ1v) is 7.69. The molecule has 0 radical (unpaired) electrons. The maximum absolute atomic E-state index is 5.36. The first kappa shape index (κ1) is 13.1. The summed E-state index contributed by atoms with van der Waals surface area (Å²) < 4.78 is 0. The van der Waals surface area contributed by atoms with Gasteiger partial charge in [0.2, 0.25) is 0 Å². The number of nitrogens with one attached hydrogen (secondary N) is 2. The molecule has 2 nitrogen and oxygen atoms in total. The Labute approximate surface area is 111 Å². The van der Waals surface area contributed by atoms with Gasteiger partial charge in [0.15, 0.2) is 5.11 Å². The van der Waals surface area contributed by atoms with E-state index in [1.165, 1.54) is 51.4 Å². The molecule has 0 atom stereocenters. The zero-order chi connectivity index (χ0) is 12.1. The molecule has 98 valence electrons. The Morgan fingerprint density at radius 1 is 1.06 bits per heavy atom. The van der Waals surface area contributed by atoms with E-state index < -0.39 is 0 Å². The van der Waals surface area contributed by atoms with Crippen LogP contribution in [0.5, 0.6) is 0 Å². The molecule has 0 heterocycles. The topological polar surface area (TPSA) is 24.1 Å². The third kappa shape index (κ3) is 4.46. The van der Waals surface area contributed by atoms with Crippen LogP contribution in [0.4, 0.5) is 0 Å². The average Bonchev–Trinajstić information content (AvgIpc) is 2.81. The van der Waals surface area contributed by atoms with Gasteiger partial charge in [0.05, 0.1) is 0 Å². The summed E-state index contributed by atoms with van der Waals surface area (Å²) in [5.41, 5.74) is 0. The van der Waals surface area contributed by atoms with Gasteiger partial charge in [0, 0.05) is 12.6 Å². The van der Waals surface area contributed by atoms with Crippen LogP contribution in [0.3, 0.4) is 0 Å². The standard InChI is InChI=1S/C14H26N2S/c1-11-6-8-12(9-7-11)10-15-14(17)16-13-4-2-3-5-13/h11-13H,2-10H2,1H3,(H2,15,16,17). The molecule has 0 aromatic rings. The molecule has 2 saturated carbocycles. The van der Waals surface area contributed by atoms with Crippen molar-refractivity contribution in [2.24, 2.45) is 11.8 Å². The second-order valence-corrected chi connectivity index (χ2v) is 6.37. The number of thiocarbonyl (C=S) groups is 1. The monoisotopic (exact) mass is 254 g/mol. The van der Waals surface area contributed by atoms with Crippen LogP contribution in [0.2, 0.25) is 0 Å². The first-order valence-electron chi connectivity index (χ1n) is 7.28. The van der Waals surface area contributed by atoms with Crippen molar-refractivity contribution in [3.63, 3.8) is 0 Å². The van der Waals surface area contributed by atoms with Gasteiger partial charge >= 0.3 is 0 Å². The van der Waals surface area contributed by atoms with Crippen LogP contribution in [0.15, 0.2) is 0 Å². The highest BCUT2D eigenvalue weighted by Gasteiger charge is 2.19. The van der Waals surface area contributed by atoms with Gasteiger partial charge in [-0.05, 0) is 49.7 Å². The number of rotatable bonds is 3. The Morgan fingerprint density at radius 2 is 1.71 bits per heavy atom. The van der Waals surface area contributed by atoms with Gasteiger partial charge in [-0.2, -0.15) is 0 Å². The minimum atomic E-state index is 0.640. The fourth-order valence-corrected chi connectivity index (χ4v) is 3.33. The molecule has 0 aromatic heterocycles. The molecule has 0 aliphatic heterocycles. The molecule has 0 unspecified atom stereocenters. The highest BCUT2D eigenvalue weighted by atomic mass is 32.1. The molecular formula is C14H26N2S. The predicted molar refractivity (Wildman–Crippen MR) is 77.1 cm³/mol. The normalized spacial score (nSPS) is 30.2. The number of hydrogen-bond acceptors (Lipinski definition) is 1. The molecule has 2 fully saturated rings. The summed E-state index contributed by atoms with van der Waals surface area (Å²) in [6, 6.07) is 0.640. The first-order chi connectivity index (χ1) is 8.24. The van der Waals surface area contributed by atoms with E-state index in [0.29, 0.717) is 6.04 Å². The molecule has 3 heteroatoms. The van der Waals surface area contributed by atoms with Crippen molar-refractivity contribution < 1.29 is 0 Å². The lowest BCUT2D eigenvalue weighted by Crippen LogP contribution is -2.42. The van der Waals surface area contributed by atoms with E-state index in [1.807, 2.05) is 0 Å². The van der Waals surface area contributed by atoms with Crippen molar-refractivity contribution in [3.05, 3.63) is 0 Å². The quantitative estimate of drug-likeness (QED) is 0.756. The van der Waals surface area contributed by atoms with Gasteiger partial charge in [0.25, 0.3) is 0 Å². The van der Waals surface area contributed by atoms with Gasteiger partial charge < -0.3 is 10.6 Å². The fourth-order valence-electron chi connectivity index (χ4n) is 3.08. The van der Waals surface area contributed by atoms with Crippen molar-refractivity contribution in [1.82, 2.24) is 10.6 Å². The van der Waals surface area contributed by atoms with Crippen LogP contribution in [0.25, 0.3) is 0 Å². The minimum absolute atomic E-state index is 0.640. The van der Waals surface area contributed by atoms with Gasteiger partial charge in [0.1, 0.15) is 0 Å². The Hall–Kier alpha value is -0.310. The van der Waals surface area contributed by atoms with Gasteiger partial charge in [-0.25, -0.2) is 0 Å². The smallest absolute Gasteiger partial charge is 0.166 e. The molecule has 2 rings (SSSR count). The summed E-state index contributed by atoms with van der Waals surface area (Å²) in [7, 11) is 0. The summed E-state index contributed by atoms with van der Waals surface area (Å²) in [5, 5.41) is 7.75. The zero-order valence-corrected chi connectivity index (χ0v) is 11.8. The summed E-state index contributed by atoms with van der Waals surface area (Å²) in [6.07, 6.45) is 10.9. The van der Waals surface area contributed by atoms with Crippen LogP contribution in [0, 0.1) is 11.8 Å². The van der Waals surface area contributed by atoms with E-state index in [-0.39, 0.29) is 0 Å². The highest BCUT2D eigenvalue weighted by molar-refractivity contribution is 7.80. The minimum Gasteiger partial charge on any atom is -0.362 e. The molecule has 2 aliphatic rings. The third-order valence-corrected chi connectivity index (χ3v) is 4.64. The maximum Gasteiger partial charge on any atom is 0.166 e. The lowest BCUT2D eigenvalue weighted by molar-refractivity contribution is 0.289. The molecule has 0 saturated heterocycles. The van der Waals surface area contributed by atoms with Crippen molar-refractivity contribution in [2.75, 3.05) is 6.54 Å². The fraction of sp³-hybridized carbons (Fsp3) is 0.929. The predicted octanol–water partition coefficient (Wildman–Crippen LogP) is 3.22. The molecule has 0 aromatic carbocycles. The van der Waals surface area contributed by atoms with Crippen LogP contribution < -0.4 is 10.6 Å². The third-order valence-electron chi connectivity index (χ3n) is 4.38. The largest absolute Gasteiger partial charge is 0.362 e. The second-order valence-electron chi connectivity index (χ2n) is 5.96. The molecule has 2 aliphatic carbocycles. The zero-order valence-electron chi connectivity index (χ0n) is 11.0. The summed E-state index contributed by atoms with van der Waals surface area (Å²) >= 11 is 5.36. The lowest BCUT2D eigenvalue weighted by atomic mass is 9.83. The van der Waals surface area contributed by atoms with E-state index in [4.69, 9.17) is 12.2 Å². The lowest BCUT2D eigenvalue weighted by Gasteiger charge is -2.27. The number of hydrogen-bond donors (Lipinski definition) is 2. The Balaban J connectivity index is 1.59. The molecule has 0 amide bonds. The van der Waals surface area contributed by atoms with E-state index in [2.05, 4.69) is 17.6 Å². The Morgan fingerprint density at radius 3 is 2.35 bits per heavy atom. The molecule has 17 heavy (non-hydrogen) atoms. The summed E-state index contributed by atoms with van der Waals surface area (Å²) in [4.78, 5) is 0. The van der Waals surface area contributed by atoms with E-state index in [9.17, 15) is 0 Å². The van der Waals surface area contributed by atoms with E-state index in [1.54, 1.807) is 0 Å². The van der Waals surface area contributed by atoms with Crippen LogP contribution in [-0.2, 0) is 0 Å². The van der Waals surface area contributed by atoms with E-state index in [0.717, 1.165) is 23.5 Å². The van der Waals surface area contributed by atoms with Crippen LogP contribution in [-0.4, -0.2) is 17.7 Å². The average molecular weight is 254 g/mol. The second kappa shape index (κ2) is 6.58. The van der Waals surface area contributed by atoms with E-state index >= 15 is 0 Å². The highest BCUT2D eigenvalue weighted by Crippen LogP contribution is 2.27. The molecule has 2 N–H and O–H groups in total. The molecule has 0 bridgehead atoms. The van der Waals surface area contributed by atoms with Gasteiger partial charge in [-0.15, -0.1) is 0 Å². The van der Waals surface area contributed by atoms with Crippen molar-refractivity contribution in [2.45, 2.75) is 64.3 Å². The van der Waals surface area contributed by atoms with Gasteiger partial charge in [-0.3, -0.25) is 0 Å². The van der Waals surface area contributed by atoms with Crippen LogP contribution >= 0.6 is 12.2 Å². The molecule has 0 spiro atoms. The summed E-state index contributed by atoms with van der Waals surface area (Å²) in [5.74, 6) is 1.78. The van der Waals surface area contributed by atoms with Crippen molar-refractivity contribution in [3.8, 4) is 0 Å². The Kier molecular flexibility index (Phi) is 5.08. The van der Waals surface area contributed by atoms with Crippen LogP contribution in [0.1, 0.15) is 58.3 Å². The maximum atomic E-state index is 5.36. The van der Waals surface area contributed by atoms with Crippen molar-refractivity contribution >= 4 is 17.3 Å². The summed E-state index contributed by atoms with van der Waals surface area (Å²) in [6.45, 7) is 3.45. The van der Waals surface area contributed by atoms with Crippen molar-refractivity contribution in [1.29, 1.82) is 0 Å². The molecular weight excluding hydrogens is 228 g/mol. The van der Waals surface area contributed by atoms with Gasteiger partial charge in [-0.1, -0.05) is 32.6 Å². The Bertz CT molecular complexity index is 241.